The highest BCUT2D eigenvalue weighted by Crippen LogP contribution is 2.41. The molecule has 2 aromatic carbocycles. The number of nitrogens with two attached hydrogens (primary N) is 1. The van der Waals surface area contributed by atoms with Crippen LogP contribution in [0.3, 0.4) is 0 Å². The van der Waals surface area contributed by atoms with Gasteiger partial charge in [0.25, 0.3) is 0 Å². The Balaban J connectivity index is 1.41. The van der Waals surface area contributed by atoms with Crippen molar-refractivity contribution in [2.75, 3.05) is 26.5 Å². The Morgan fingerprint density at radius 1 is 1.14 bits per heavy atom. The second-order valence-corrected chi connectivity index (χ2v) is 8.89. The molecule has 182 valence electrons. The molecule has 2 bridgehead atoms. The summed E-state index contributed by atoms with van der Waals surface area (Å²) in [6.45, 7) is 0.550. The first kappa shape index (κ1) is 23.0. The van der Waals surface area contributed by atoms with Crippen LogP contribution in [0.25, 0.3) is 16.5 Å². The monoisotopic (exact) mass is 480 g/mol. The van der Waals surface area contributed by atoms with Gasteiger partial charge >= 0.3 is 0 Å². The number of fused-ring (bicyclic) bond motifs is 3. The summed E-state index contributed by atoms with van der Waals surface area (Å²) in [5.41, 5.74) is 8.07. The molecule has 1 amide bonds. The van der Waals surface area contributed by atoms with Gasteiger partial charge in [-0.15, -0.1) is 0 Å². The molecule has 1 aromatic heterocycles. The van der Waals surface area contributed by atoms with E-state index in [0.29, 0.717) is 30.6 Å². The zero-order chi connectivity index (χ0) is 24.7. The van der Waals surface area contributed by atoms with Gasteiger partial charge < -0.3 is 20.1 Å². The molecule has 2 unspecified atom stereocenters. The molecule has 3 heterocycles. The van der Waals surface area contributed by atoms with Crippen molar-refractivity contribution in [2.45, 2.75) is 31.7 Å². The zero-order valence-electron chi connectivity index (χ0n) is 19.6. The van der Waals surface area contributed by atoms with Gasteiger partial charge in [-0.05, 0) is 48.6 Å². The van der Waals surface area contributed by atoms with Crippen molar-refractivity contribution in [3.05, 3.63) is 59.4 Å². The zero-order valence-corrected chi connectivity index (χ0v) is 19.6. The Bertz CT molecular complexity index is 1330. The Labute approximate surface area is 201 Å². The number of hydrogen-bond acceptors (Lipinski definition) is 6. The number of carbonyl (C=O) groups is 1. The van der Waals surface area contributed by atoms with Gasteiger partial charge in [-0.2, -0.15) is 0 Å². The van der Waals surface area contributed by atoms with E-state index >= 15 is 4.39 Å². The molecular formula is C26H26F2N4O3. The van der Waals surface area contributed by atoms with Crippen molar-refractivity contribution in [3.63, 3.8) is 0 Å². The van der Waals surface area contributed by atoms with E-state index in [1.807, 2.05) is 11.0 Å². The first-order valence-corrected chi connectivity index (χ1v) is 11.5. The molecule has 3 aromatic rings. The van der Waals surface area contributed by atoms with Crippen LogP contribution in [0.1, 0.15) is 30.7 Å². The SMILES string of the molecule is COc1cc2c(N)nc(C3=CC4CCC3CN4C(=O)CCc3ccc(F)cc3)nc2c(F)c1OC. The molecular weight excluding hydrogens is 454 g/mol. The summed E-state index contributed by atoms with van der Waals surface area (Å²) in [5, 5.41) is 0.350. The smallest absolute Gasteiger partial charge is 0.223 e. The standard InChI is InChI=1S/C26H26F2N4O3/c1-34-20-12-19-23(22(28)24(20)35-2)30-26(31-25(19)29)18-11-17-9-6-15(18)13-32(17)21(33)10-5-14-3-7-16(27)8-4-14/h3-4,7-8,11-12,15,17H,5-6,9-10,13H2,1-2H3,(H2,29,30,31). The van der Waals surface area contributed by atoms with Crippen LogP contribution in [0.2, 0.25) is 0 Å². The minimum Gasteiger partial charge on any atom is -0.493 e. The van der Waals surface area contributed by atoms with Gasteiger partial charge in [-0.1, -0.05) is 18.2 Å². The number of anilines is 1. The number of nitrogen functional groups attached to an aromatic ring is 1. The van der Waals surface area contributed by atoms with Gasteiger partial charge in [0.2, 0.25) is 5.91 Å². The third-order valence-corrected chi connectivity index (χ3v) is 6.87. The van der Waals surface area contributed by atoms with Crippen LogP contribution in [-0.4, -0.2) is 47.6 Å². The van der Waals surface area contributed by atoms with Crippen molar-refractivity contribution in [2.24, 2.45) is 5.92 Å². The van der Waals surface area contributed by atoms with Crippen LogP contribution in [0.4, 0.5) is 14.6 Å². The molecule has 3 aliphatic rings. The Hall–Kier alpha value is -3.75. The third kappa shape index (κ3) is 4.15. The first-order valence-electron chi connectivity index (χ1n) is 11.5. The van der Waals surface area contributed by atoms with Crippen molar-refractivity contribution < 1.29 is 23.0 Å². The fourth-order valence-electron chi connectivity index (χ4n) is 5.03. The second-order valence-electron chi connectivity index (χ2n) is 8.89. The average molecular weight is 481 g/mol. The quantitative estimate of drug-likeness (QED) is 0.570. The van der Waals surface area contributed by atoms with Crippen LogP contribution in [-0.2, 0) is 11.2 Å². The number of ether oxygens (including phenoxy) is 2. The fraction of sp³-hybridized carbons (Fsp3) is 0.346. The lowest BCUT2D eigenvalue weighted by molar-refractivity contribution is -0.134. The average Bonchev–Trinajstić information content (AvgIpc) is 2.88. The lowest BCUT2D eigenvalue weighted by Gasteiger charge is -2.44. The number of aryl methyl sites for hydroxylation is 1. The maximum atomic E-state index is 15.2. The van der Waals surface area contributed by atoms with Gasteiger partial charge in [0.15, 0.2) is 23.1 Å². The van der Waals surface area contributed by atoms with Crippen molar-refractivity contribution in [3.8, 4) is 11.5 Å². The lowest BCUT2D eigenvalue weighted by atomic mass is 9.79. The number of halogens is 2. The largest absolute Gasteiger partial charge is 0.493 e. The number of piperidine rings is 1. The molecule has 1 fully saturated rings. The van der Waals surface area contributed by atoms with E-state index in [1.54, 1.807) is 18.2 Å². The van der Waals surface area contributed by atoms with E-state index in [0.717, 1.165) is 24.0 Å². The van der Waals surface area contributed by atoms with Crippen LogP contribution in [0, 0.1) is 17.6 Å². The van der Waals surface area contributed by atoms with Crippen LogP contribution >= 0.6 is 0 Å². The summed E-state index contributed by atoms with van der Waals surface area (Å²) in [7, 11) is 2.79. The Morgan fingerprint density at radius 3 is 2.57 bits per heavy atom. The van der Waals surface area contributed by atoms with Crippen molar-refractivity contribution in [1.82, 2.24) is 14.9 Å². The summed E-state index contributed by atoms with van der Waals surface area (Å²) in [4.78, 5) is 23.8. The number of methoxy groups -OCH3 is 2. The second kappa shape index (κ2) is 9.13. The number of carbonyl (C=O) groups excluding carboxylic acids is 1. The number of aromatic nitrogens is 2. The summed E-state index contributed by atoms with van der Waals surface area (Å²) in [6, 6.07) is 7.70. The van der Waals surface area contributed by atoms with Gasteiger partial charge in [-0.25, -0.2) is 18.7 Å². The van der Waals surface area contributed by atoms with Gasteiger partial charge in [-0.3, -0.25) is 4.79 Å². The predicted octanol–water partition coefficient (Wildman–Crippen LogP) is 4.14. The summed E-state index contributed by atoms with van der Waals surface area (Å²) >= 11 is 0. The molecule has 7 nitrogen and oxygen atoms in total. The van der Waals surface area contributed by atoms with Crippen molar-refractivity contribution in [1.29, 1.82) is 0 Å². The molecule has 0 radical (unpaired) electrons. The van der Waals surface area contributed by atoms with Crippen LogP contribution in [0.15, 0.2) is 36.4 Å². The number of amides is 1. The molecule has 1 saturated heterocycles. The van der Waals surface area contributed by atoms with E-state index < -0.39 is 5.82 Å². The number of benzene rings is 2. The number of nitrogens with zero attached hydrogens (tertiary/aromatic N) is 3. The highest BCUT2D eigenvalue weighted by molar-refractivity contribution is 5.92. The number of hydrogen-bond donors (Lipinski definition) is 1. The van der Waals surface area contributed by atoms with E-state index in [4.69, 9.17) is 15.2 Å². The topological polar surface area (TPSA) is 90.6 Å². The highest BCUT2D eigenvalue weighted by Gasteiger charge is 2.38. The van der Waals surface area contributed by atoms with E-state index in [2.05, 4.69) is 9.97 Å². The van der Waals surface area contributed by atoms with Gasteiger partial charge in [0.1, 0.15) is 17.2 Å². The van der Waals surface area contributed by atoms with Gasteiger partial charge in [0, 0.05) is 24.3 Å². The van der Waals surface area contributed by atoms with Crippen LogP contribution in [0.5, 0.6) is 11.5 Å². The molecule has 1 aliphatic carbocycles. The Morgan fingerprint density at radius 2 is 1.91 bits per heavy atom. The summed E-state index contributed by atoms with van der Waals surface area (Å²) in [6.07, 6.45) is 4.64. The molecule has 2 N–H and O–H groups in total. The van der Waals surface area contributed by atoms with E-state index in [1.165, 1.54) is 26.4 Å². The minimum absolute atomic E-state index is 0.0369. The first-order chi connectivity index (χ1) is 16.9. The van der Waals surface area contributed by atoms with Crippen molar-refractivity contribution >= 4 is 28.2 Å². The van der Waals surface area contributed by atoms with E-state index in [9.17, 15) is 9.18 Å². The molecule has 0 saturated carbocycles. The fourth-order valence-corrected chi connectivity index (χ4v) is 5.03. The maximum absolute atomic E-state index is 15.2. The molecule has 9 heteroatoms. The normalized spacial score (nSPS) is 19.1. The van der Waals surface area contributed by atoms with Gasteiger partial charge in [0.05, 0.1) is 20.3 Å². The molecule has 0 spiro atoms. The molecule has 6 rings (SSSR count). The molecule has 2 aliphatic heterocycles. The highest BCUT2D eigenvalue weighted by atomic mass is 19.1. The predicted molar refractivity (Wildman–Crippen MR) is 128 cm³/mol. The lowest BCUT2D eigenvalue weighted by Crippen LogP contribution is -2.49. The summed E-state index contributed by atoms with van der Waals surface area (Å²) in [5.74, 6) is -0.159. The maximum Gasteiger partial charge on any atom is 0.223 e. The minimum atomic E-state index is -0.656. The molecule has 35 heavy (non-hydrogen) atoms. The number of rotatable bonds is 6. The Kier molecular flexibility index (Phi) is 6.00. The summed E-state index contributed by atoms with van der Waals surface area (Å²) < 4.78 is 38.7. The molecule has 2 atom stereocenters. The van der Waals surface area contributed by atoms with Crippen LogP contribution < -0.4 is 15.2 Å². The van der Waals surface area contributed by atoms with E-state index in [-0.39, 0.29) is 46.5 Å². The third-order valence-electron chi connectivity index (χ3n) is 6.87.